The summed E-state index contributed by atoms with van der Waals surface area (Å²) in [5.74, 6) is 0.417. The van der Waals surface area contributed by atoms with Crippen molar-refractivity contribution in [1.29, 1.82) is 0 Å². The second kappa shape index (κ2) is 5.39. The van der Waals surface area contributed by atoms with Crippen LogP contribution in [-0.4, -0.2) is 33.9 Å². The topological polar surface area (TPSA) is 69.6 Å². The summed E-state index contributed by atoms with van der Waals surface area (Å²) in [7, 11) is 0. The summed E-state index contributed by atoms with van der Waals surface area (Å²) in [6.07, 6.45) is 2.61. The summed E-state index contributed by atoms with van der Waals surface area (Å²) < 4.78 is 0. The Kier molecular flexibility index (Phi) is 3.57. The summed E-state index contributed by atoms with van der Waals surface area (Å²) in [5, 5.41) is 12.4. The molecule has 1 aliphatic heterocycles. The summed E-state index contributed by atoms with van der Waals surface area (Å²) in [5.41, 5.74) is 0.839. The summed E-state index contributed by atoms with van der Waals surface area (Å²) in [6.45, 7) is 2.27. The zero-order chi connectivity index (χ0) is 15.0. The van der Waals surface area contributed by atoms with Crippen LogP contribution in [0.2, 0.25) is 0 Å². The molecule has 5 heteroatoms. The van der Waals surface area contributed by atoms with Crippen LogP contribution in [-0.2, 0) is 16.1 Å². The maximum atomic E-state index is 12.7. The minimum Gasteiger partial charge on any atom is -0.508 e. The van der Waals surface area contributed by atoms with Gasteiger partial charge in [0.25, 0.3) is 0 Å². The van der Waals surface area contributed by atoms with Gasteiger partial charge in [-0.3, -0.25) is 9.59 Å². The van der Waals surface area contributed by atoms with Crippen molar-refractivity contribution < 1.29 is 14.7 Å². The number of nitrogens with zero attached hydrogens (tertiary/aromatic N) is 1. The highest BCUT2D eigenvalue weighted by atomic mass is 16.3. The number of benzene rings is 1. The van der Waals surface area contributed by atoms with Gasteiger partial charge in [-0.2, -0.15) is 0 Å². The third-order valence-electron chi connectivity index (χ3n) is 4.27. The van der Waals surface area contributed by atoms with E-state index in [1.165, 1.54) is 0 Å². The van der Waals surface area contributed by atoms with Crippen molar-refractivity contribution in [2.45, 2.75) is 44.8 Å². The molecular formula is C16H20N2O3. The molecule has 1 saturated heterocycles. The minimum atomic E-state index is -0.421. The number of amides is 2. The zero-order valence-electron chi connectivity index (χ0n) is 12.1. The van der Waals surface area contributed by atoms with Gasteiger partial charge in [0.15, 0.2) is 0 Å². The molecular weight excluding hydrogens is 268 g/mol. The normalized spacial score (nSPS) is 25.9. The molecule has 2 fully saturated rings. The Morgan fingerprint density at radius 3 is 2.71 bits per heavy atom. The standard InChI is InChI=1S/C16H20N2O3/c1-2-13-15(20)17-14(11-6-7-11)16(21)18(13)9-10-4-3-5-12(19)8-10/h3-5,8,11,13-14,19H,2,6-7,9H2,1H3,(H,17,20). The Labute approximate surface area is 123 Å². The lowest BCUT2D eigenvalue weighted by atomic mass is 10.0. The molecule has 5 nitrogen and oxygen atoms in total. The average molecular weight is 288 g/mol. The minimum absolute atomic E-state index is 0.00675. The Morgan fingerprint density at radius 2 is 2.10 bits per heavy atom. The maximum Gasteiger partial charge on any atom is 0.246 e. The van der Waals surface area contributed by atoms with Gasteiger partial charge in [-0.15, -0.1) is 0 Å². The predicted octanol–water partition coefficient (Wildman–Crippen LogP) is 1.41. The van der Waals surface area contributed by atoms with Crippen molar-refractivity contribution in [3.63, 3.8) is 0 Å². The molecule has 1 heterocycles. The van der Waals surface area contributed by atoms with E-state index in [9.17, 15) is 14.7 Å². The van der Waals surface area contributed by atoms with E-state index in [1.807, 2.05) is 13.0 Å². The lowest BCUT2D eigenvalue weighted by molar-refractivity contribution is -0.150. The first-order valence-corrected chi connectivity index (χ1v) is 7.49. The van der Waals surface area contributed by atoms with Crippen molar-refractivity contribution >= 4 is 11.8 Å². The van der Waals surface area contributed by atoms with Crippen LogP contribution in [0.4, 0.5) is 0 Å². The monoisotopic (exact) mass is 288 g/mol. The summed E-state index contributed by atoms with van der Waals surface area (Å²) >= 11 is 0. The highest BCUT2D eigenvalue weighted by molar-refractivity contribution is 5.97. The van der Waals surface area contributed by atoms with Gasteiger partial charge in [-0.25, -0.2) is 0 Å². The maximum absolute atomic E-state index is 12.7. The first-order valence-electron chi connectivity index (χ1n) is 7.49. The Balaban J connectivity index is 1.84. The molecule has 0 bridgehead atoms. The van der Waals surface area contributed by atoms with E-state index in [1.54, 1.807) is 23.1 Å². The molecule has 112 valence electrons. The van der Waals surface area contributed by atoms with Crippen molar-refractivity contribution in [1.82, 2.24) is 10.2 Å². The molecule has 1 aromatic carbocycles. The number of carbonyl (C=O) groups is 2. The third kappa shape index (κ3) is 2.73. The van der Waals surface area contributed by atoms with Gasteiger partial charge in [-0.1, -0.05) is 19.1 Å². The van der Waals surface area contributed by atoms with Crippen LogP contribution >= 0.6 is 0 Å². The van der Waals surface area contributed by atoms with E-state index in [0.29, 0.717) is 18.9 Å². The number of nitrogens with one attached hydrogen (secondary N) is 1. The summed E-state index contributed by atoms with van der Waals surface area (Å²) in [4.78, 5) is 26.5. The van der Waals surface area contributed by atoms with Crippen LogP contribution in [0.15, 0.2) is 24.3 Å². The van der Waals surface area contributed by atoms with Crippen molar-refractivity contribution in [2.75, 3.05) is 0 Å². The average Bonchev–Trinajstić information content (AvgIpc) is 3.27. The predicted molar refractivity (Wildman–Crippen MR) is 77.4 cm³/mol. The van der Waals surface area contributed by atoms with E-state index >= 15 is 0 Å². The largest absolute Gasteiger partial charge is 0.508 e. The number of rotatable bonds is 4. The SMILES string of the molecule is CCC1C(=O)NC(C2CC2)C(=O)N1Cc1cccc(O)c1. The first-order chi connectivity index (χ1) is 10.1. The van der Waals surface area contributed by atoms with Crippen molar-refractivity contribution in [2.24, 2.45) is 5.92 Å². The number of carbonyl (C=O) groups excluding carboxylic acids is 2. The fourth-order valence-electron chi connectivity index (χ4n) is 2.98. The van der Waals surface area contributed by atoms with Crippen LogP contribution in [0.3, 0.4) is 0 Å². The zero-order valence-corrected chi connectivity index (χ0v) is 12.1. The van der Waals surface area contributed by atoms with Gasteiger partial charge < -0.3 is 15.3 Å². The molecule has 2 atom stereocenters. The Morgan fingerprint density at radius 1 is 1.33 bits per heavy atom. The molecule has 0 spiro atoms. The second-order valence-electron chi connectivity index (χ2n) is 5.88. The van der Waals surface area contributed by atoms with Gasteiger partial charge in [-0.05, 0) is 42.9 Å². The van der Waals surface area contributed by atoms with Crippen LogP contribution < -0.4 is 5.32 Å². The highest BCUT2D eigenvalue weighted by Crippen LogP contribution is 2.35. The molecule has 1 aromatic rings. The molecule has 3 rings (SSSR count). The lowest BCUT2D eigenvalue weighted by Gasteiger charge is -2.39. The van der Waals surface area contributed by atoms with Crippen molar-refractivity contribution in [3.05, 3.63) is 29.8 Å². The van der Waals surface area contributed by atoms with E-state index in [0.717, 1.165) is 18.4 Å². The van der Waals surface area contributed by atoms with Crippen molar-refractivity contribution in [3.8, 4) is 5.75 Å². The lowest BCUT2D eigenvalue weighted by Crippen LogP contribution is -2.63. The Hall–Kier alpha value is -2.04. The molecule has 1 aliphatic carbocycles. The third-order valence-corrected chi connectivity index (χ3v) is 4.27. The molecule has 0 aromatic heterocycles. The number of phenols is 1. The van der Waals surface area contributed by atoms with E-state index < -0.39 is 6.04 Å². The molecule has 2 N–H and O–H groups in total. The van der Waals surface area contributed by atoms with Gasteiger partial charge in [0.1, 0.15) is 17.8 Å². The van der Waals surface area contributed by atoms with Crippen LogP contribution in [0.5, 0.6) is 5.75 Å². The Bertz CT molecular complexity index is 568. The summed E-state index contributed by atoms with van der Waals surface area (Å²) in [6, 6.07) is 6.06. The smallest absolute Gasteiger partial charge is 0.246 e. The molecule has 2 aliphatic rings. The van der Waals surface area contributed by atoms with E-state index in [2.05, 4.69) is 5.32 Å². The van der Waals surface area contributed by atoms with Crippen LogP contribution in [0.1, 0.15) is 31.7 Å². The van der Waals surface area contributed by atoms with Gasteiger partial charge in [0, 0.05) is 6.54 Å². The fourth-order valence-corrected chi connectivity index (χ4v) is 2.98. The van der Waals surface area contributed by atoms with Gasteiger partial charge in [0.2, 0.25) is 11.8 Å². The second-order valence-corrected chi connectivity index (χ2v) is 5.88. The van der Waals surface area contributed by atoms with E-state index in [-0.39, 0.29) is 23.6 Å². The highest BCUT2D eigenvalue weighted by Gasteiger charge is 2.46. The van der Waals surface area contributed by atoms with Crippen LogP contribution in [0, 0.1) is 5.92 Å². The van der Waals surface area contributed by atoms with Gasteiger partial charge in [0.05, 0.1) is 0 Å². The molecule has 1 saturated carbocycles. The number of phenolic OH excluding ortho intramolecular Hbond substituents is 1. The number of piperazine rings is 1. The number of aromatic hydroxyl groups is 1. The molecule has 21 heavy (non-hydrogen) atoms. The number of hydrogen-bond donors (Lipinski definition) is 2. The number of hydrogen-bond acceptors (Lipinski definition) is 3. The van der Waals surface area contributed by atoms with E-state index in [4.69, 9.17) is 0 Å². The molecule has 0 radical (unpaired) electrons. The quantitative estimate of drug-likeness (QED) is 0.880. The van der Waals surface area contributed by atoms with Crippen LogP contribution in [0.25, 0.3) is 0 Å². The fraction of sp³-hybridized carbons (Fsp3) is 0.500. The van der Waals surface area contributed by atoms with Gasteiger partial charge >= 0.3 is 0 Å². The first kappa shape index (κ1) is 13.9. The molecule has 2 amide bonds. The molecule has 2 unspecified atom stereocenters.